The van der Waals surface area contributed by atoms with E-state index in [1.807, 2.05) is 19.1 Å². The van der Waals surface area contributed by atoms with Crippen molar-refractivity contribution in [3.8, 4) is 0 Å². The maximum Gasteiger partial charge on any atom is 0.314 e. The van der Waals surface area contributed by atoms with Crippen LogP contribution >= 0.6 is 0 Å². The molecule has 0 amide bonds. The molecule has 3 heterocycles. The minimum absolute atomic E-state index is 0.183. The summed E-state index contributed by atoms with van der Waals surface area (Å²) in [4.78, 5) is 18.5. The number of fused-ring (bicyclic) bond motifs is 5. The molecule has 1 fully saturated rings. The number of hydrogen-bond donors (Lipinski definition) is 2. The molecule has 2 aliphatic rings. The van der Waals surface area contributed by atoms with Crippen molar-refractivity contribution in [2.75, 3.05) is 26.7 Å². The number of aliphatic hydroxyl groups is 1. The second kappa shape index (κ2) is 6.71. The number of carbonyl (C=O) groups is 1. The van der Waals surface area contributed by atoms with E-state index >= 15 is 0 Å². The molecule has 5 nitrogen and oxygen atoms in total. The summed E-state index contributed by atoms with van der Waals surface area (Å²) in [5.74, 6) is -0.196. The lowest BCUT2D eigenvalue weighted by molar-refractivity contribution is -0.143. The maximum absolute atomic E-state index is 12.7. The first-order chi connectivity index (χ1) is 12.5. The number of esters is 1. The molecule has 26 heavy (non-hydrogen) atoms. The molecule has 0 aliphatic carbocycles. The number of hydrogen-bond acceptors (Lipinski definition) is 4. The van der Waals surface area contributed by atoms with E-state index in [4.69, 9.17) is 4.74 Å². The van der Waals surface area contributed by atoms with Gasteiger partial charge in [-0.25, -0.2) is 0 Å². The van der Waals surface area contributed by atoms with Gasteiger partial charge in [-0.15, -0.1) is 0 Å². The fourth-order valence-corrected chi connectivity index (χ4v) is 4.96. The topological polar surface area (TPSA) is 65.6 Å². The van der Waals surface area contributed by atoms with Crippen LogP contribution in [0.15, 0.2) is 24.3 Å². The van der Waals surface area contributed by atoms with Crippen LogP contribution in [0, 0.1) is 5.92 Å². The van der Waals surface area contributed by atoms with E-state index in [0.717, 1.165) is 50.1 Å². The molecule has 0 spiro atoms. The molecule has 1 aromatic carbocycles. The number of benzene rings is 1. The van der Waals surface area contributed by atoms with Gasteiger partial charge in [0.05, 0.1) is 18.6 Å². The summed E-state index contributed by atoms with van der Waals surface area (Å²) >= 11 is 0. The van der Waals surface area contributed by atoms with Crippen molar-refractivity contribution in [1.29, 1.82) is 0 Å². The SMILES string of the molecule is CC[C@]1(O)C[C@@H]2C[C@H](C(=O)OC)c3[nH]c4ccccc4c3CCN(C2)C1. The molecule has 2 bridgehead atoms. The van der Waals surface area contributed by atoms with Crippen molar-refractivity contribution in [2.24, 2.45) is 5.92 Å². The Morgan fingerprint density at radius 2 is 2.23 bits per heavy atom. The first-order valence-electron chi connectivity index (χ1n) is 9.65. The summed E-state index contributed by atoms with van der Waals surface area (Å²) in [7, 11) is 1.47. The van der Waals surface area contributed by atoms with Crippen LogP contribution in [0.5, 0.6) is 0 Å². The van der Waals surface area contributed by atoms with E-state index in [1.165, 1.54) is 18.1 Å². The summed E-state index contributed by atoms with van der Waals surface area (Å²) < 4.78 is 5.16. The summed E-state index contributed by atoms with van der Waals surface area (Å²) in [6.07, 6.45) is 3.09. The quantitative estimate of drug-likeness (QED) is 0.812. The van der Waals surface area contributed by atoms with Gasteiger partial charge in [-0.05, 0) is 43.2 Å². The predicted molar refractivity (Wildman–Crippen MR) is 101 cm³/mol. The van der Waals surface area contributed by atoms with E-state index in [0.29, 0.717) is 6.42 Å². The number of rotatable bonds is 2. The molecule has 1 unspecified atom stereocenters. The van der Waals surface area contributed by atoms with Crippen molar-refractivity contribution in [3.05, 3.63) is 35.5 Å². The highest BCUT2D eigenvalue weighted by atomic mass is 16.5. The molecule has 0 saturated carbocycles. The van der Waals surface area contributed by atoms with Gasteiger partial charge in [-0.2, -0.15) is 0 Å². The second-order valence-electron chi connectivity index (χ2n) is 8.01. The lowest BCUT2D eigenvalue weighted by Crippen LogP contribution is -2.51. The Balaban J connectivity index is 1.79. The highest BCUT2D eigenvalue weighted by molar-refractivity contribution is 5.88. The van der Waals surface area contributed by atoms with Gasteiger partial charge < -0.3 is 14.8 Å². The van der Waals surface area contributed by atoms with E-state index in [-0.39, 0.29) is 17.8 Å². The lowest BCUT2D eigenvalue weighted by atomic mass is 9.79. The Morgan fingerprint density at radius 1 is 1.42 bits per heavy atom. The lowest BCUT2D eigenvalue weighted by Gasteiger charge is -2.43. The molecule has 2 aliphatic heterocycles. The van der Waals surface area contributed by atoms with Gasteiger partial charge in [0.2, 0.25) is 0 Å². The van der Waals surface area contributed by atoms with Crippen LogP contribution < -0.4 is 0 Å². The molecule has 1 saturated heterocycles. The van der Waals surface area contributed by atoms with Gasteiger partial charge in [-0.3, -0.25) is 9.69 Å². The third-order valence-electron chi connectivity index (χ3n) is 6.29. The number of nitrogens with zero attached hydrogens (tertiary/aromatic N) is 1. The molecule has 4 rings (SSSR count). The predicted octanol–water partition coefficient (Wildman–Crippen LogP) is 2.83. The number of para-hydroxylation sites is 1. The largest absolute Gasteiger partial charge is 0.469 e. The average molecular weight is 356 g/mol. The van der Waals surface area contributed by atoms with Gasteiger partial charge in [0.15, 0.2) is 0 Å². The second-order valence-corrected chi connectivity index (χ2v) is 8.01. The van der Waals surface area contributed by atoms with Gasteiger partial charge in [-0.1, -0.05) is 25.1 Å². The highest BCUT2D eigenvalue weighted by Crippen LogP contribution is 2.39. The molecule has 0 radical (unpaired) electrons. The molecular weight excluding hydrogens is 328 g/mol. The van der Waals surface area contributed by atoms with Gasteiger partial charge in [0.1, 0.15) is 0 Å². The molecule has 5 heteroatoms. The van der Waals surface area contributed by atoms with E-state index in [9.17, 15) is 9.90 Å². The molecule has 2 N–H and O–H groups in total. The average Bonchev–Trinajstić information content (AvgIpc) is 3.02. The van der Waals surface area contributed by atoms with Gasteiger partial charge >= 0.3 is 5.97 Å². The zero-order valence-corrected chi connectivity index (χ0v) is 15.6. The van der Waals surface area contributed by atoms with E-state index < -0.39 is 5.60 Å². The number of piperidine rings is 1. The number of H-pyrrole nitrogens is 1. The monoisotopic (exact) mass is 356 g/mol. The number of methoxy groups -OCH3 is 1. The van der Waals surface area contributed by atoms with Gasteiger partial charge in [0.25, 0.3) is 0 Å². The Morgan fingerprint density at radius 3 is 3.00 bits per heavy atom. The van der Waals surface area contributed by atoms with Gasteiger partial charge in [0, 0.05) is 36.2 Å². The fourth-order valence-electron chi connectivity index (χ4n) is 4.96. The minimum atomic E-state index is -0.649. The zero-order chi connectivity index (χ0) is 18.3. The zero-order valence-electron chi connectivity index (χ0n) is 15.6. The van der Waals surface area contributed by atoms with Crippen LogP contribution in [0.3, 0.4) is 0 Å². The fraction of sp³-hybridized carbons (Fsp3) is 0.571. The first kappa shape index (κ1) is 17.6. The van der Waals surface area contributed by atoms with Crippen molar-refractivity contribution >= 4 is 16.9 Å². The summed E-state index contributed by atoms with van der Waals surface area (Å²) in [5.41, 5.74) is 2.66. The number of ether oxygens (including phenoxy) is 1. The summed E-state index contributed by atoms with van der Waals surface area (Å²) in [6, 6.07) is 8.26. The standard InChI is InChI=1S/C21H28N2O3/c1-3-21(25)11-14-10-17(20(24)26-2)19-16(8-9-23(12-14)13-21)15-6-4-5-7-18(15)22-19/h4-7,14,17,22,25H,3,8-13H2,1-2H3/t14-,17-,21-/m0/s1. The Hall–Kier alpha value is -1.85. The molecule has 4 atom stereocenters. The van der Waals surface area contributed by atoms with Crippen LogP contribution in [0.25, 0.3) is 10.9 Å². The summed E-state index contributed by atoms with van der Waals surface area (Å²) in [5, 5.41) is 12.1. The van der Waals surface area contributed by atoms with Crippen LogP contribution in [-0.2, 0) is 16.0 Å². The third-order valence-corrected chi connectivity index (χ3v) is 6.29. The maximum atomic E-state index is 12.7. The Labute approximate surface area is 154 Å². The van der Waals surface area contributed by atoms with E-state index in [2.05, 4.69) is 22.0 Å². The highest BCUT2D eigenvalue weighted by Gasteiger charge is 2.40. The molecular formula is C21H28N2O3. The van der Waals surface area contributed by atoms with E-state index in [1.54, 1.807) is 0 Å². The molecule has 140 valence electrons. The van der Waals surface area contributed by atoms with Crippen LogP contribution in [0.4, 0.5) is 0 Å². The minimum Gasteiger partial charge on any atom is -0.469 e. The van der Waals surface area contributed by atoms with Crippen molar-refractivity contribution in [1.82, 2.24) is 9.88 Å². The Bertz CT molecular complexity index is 815. The Kier molecular flexibility index (Phi) is 4.53. The third kappa shape index (κ3) is 3.03. The first-order valence-corrected chi connectivity index (χ1v) is 9.65. The van der Waals surface area contributed by atoms with Crippen LogP contribution in [0.2, 0.25) is 0 Å². The van der Waals surface area contributed by atoms with Crippen molar-refractivity contribution in [2.45, 2.75) is 44.1 Å². The van der Waals surface area contributed by atoms with Crippen molar-refractivity contribution in [3.63, 3.8) is 0 Å². The van der Waals surface area contributed by atoms with Crippen LogP contribution in [-0.4, -0.2) is 53.3 Å². The smallest absolute Gasteiger partial charge is 0.314 e. The molecule has 1 aromatic heterocycles. The number of aromatic amines is 1. The summed E-state index contributed by atoms with van der Waals surface area (Å²) in [6.45, 7) is 4.62. The normalized spacial score (nSPS) is 31.6. The number of aromatic nitrogens is 1. The molecule has 2 aromatic rings. The van der Waals surface area contributed by atoms with Crippen LogP contribution in [0.1, 0.15) is 43.4 Å². The number of nitrogens with one attached hydrogen (secondary N) is 1. The van der Waals surface area contributed by atoms with Crippen molar-refractivity contribution < 1.29 is 14.6 Å². The number of carbonyl (C=O) groups excluding carboxylic acids is 1.